The van der Waals surface area contributed by atoms with Crippen LogP contribution in [-0.2, 0) is 14.8 Å². The molecule has 2 saturated heterocycles. The highest BCUT2D eigenvalue weighted by Crippen LogP contribution is 2.26. The van der Waals surface area contributed by atoms with E-state index < -0.39 is 16.1 Å². The van der Waals surface area contributed by atoms with Gasteiger partial charge in [0.2, 0.25) is 15.9 Å². The molecule has 6 nitrogen and oxygen atoms in total. The summed E-state index contributed by atoms with van der Waals surface area (Å²) in [6, 6.07) is 10.2. The Kier molecular flexibility index (Phi) is 5.34. The van der Waals surface area contributed by atoms with Gasteiger partial charge in [-0.1, -0.05) is 18.2 Å². The number of hydrogen-bond donors (Lipinski definition) is 0. The molecule has 2 aliphatic rings. The Morgan fingerprint density at radius 1 is 1.08 bits per heavy atom. The average Bonchev–Trinajstić information content (AvgIpc) is 3.11. The fraction of sp³-hybridized carbons (Fsp3) is 0.611. The van der Waals surface area contributed by atoms with Crippen LogP contribution in [0.1, 0.15) is 25.7 Å². The van der Waals surface area contributed by atoms with Crippen molar-refractivity contribution in [1.29, 1.82) is 0 Å². The molecule has 138 valence electrons. The van der Waals surface area contributed by atoms with Crippen LogP contribution in [0.2, 0.25) is 0 Å². The lowest BCUT2D eigenvalue weighted by Crippen LogP contribution is -2.52. The molecule has 0 aromatic heterocycles. The van der Waals surface area contributed by atoms with E-state index in [1.807, 2.05) is 23.1 Å². The zero-order chi connectivity index (χ0) is 18.0. The second-order valence-electron chi connectivity index (χ2n) is 7.03. The number of amides is 1. The normalized spacial score (nSPS) is 23.0. The Morgan fingerprint density at radius 3 is 2.32 bits per heavy atom. The van der Waals surface area contributed by atoms with E-state index in [-0.39, 0.29) is 5.91 Å². The van der Waals surface area contributed by atoms with Crippen LogP contribution in [0.5, 0.6) is 0 Å². The predicted molar refractivity (Wildman–Crippen MR) is 99.0 cm³/mol. The monoisotopic (exact) mass is 365 g/mol. The summed E-state index contributed by atoms with van der Waals surface area (Å²) in [5.74, 6) is -0.0243. The lowest BCUT2D eigenvalue weighted by molar-refractivity contribution is -0.135. The average molecular weight is 365 g/mol. The predicted octanol–water partition coefficient (Wildman–Crippen LogP) is 1.54. The first-order valence-corrected chi connectivity index (χ1v) is 10.8. The Balaban J connectivity index is 1.59. The summed E-state index contributed by atoms with van der Waals surface area (Å²) in [7, 11) is -1.22. The van der Waals surface area contributed by atoms with Crippen molar-refractivity contribution in [3.63, 3.8) is 0 Å². The van der Waals surface area contributed by atoms with E-state index >= 15 is 0 Å². The Hall–Kier alpha value is -1.60. The fourth-order valence-electron chi connectivity index (χ4n) is 3.94. The van der Waals surface area contributed by atoms with Crippen molar-refractivity contribution < 1.29 is 13.2 Å². The second-order valence-corrected chi connectivity index (χ2v) is 8.97. The first-order chi connectivity index (χ1) is 11.9. The van der Waals surface area contributed by atoms with Gasteiger partial charge >= 0.3 is 0 Å². The van der Waals surface area contributed by atoms with Gasteiger partial charge in [-0.05, 0) is 37.8 Å². The molecule has 2 heterocycles. The highest BCUT2D eigenvalue weighted by Gasteiger charge is 2.39. The number of piperidine rings is 1. The third-order valence-corrected chi connectivity index (χ3v) is 6.69. The minimum atomic E-state index is -3.32. The molecule has 1 aromatic rings. The summed E-state index contributed by atoms with van der Waals surface area (Å²) >= 11 is 0. The van der Waals surface area contributed by atoms with E-state index in [1.54, 1.807) is 0 Å². The Bertz CT molecular complexity index is 700. The molecule has 0 saturated carbocycles. The van der Waals surface area contributed by atoms with Crippen LogP contribution in [0.25, 0.3) is 0 Å². The van der Waals surface area contributed by atoms with E-state index in [0.29, 0.717) is 32.1 Å². The molecule has 7 heteroatoms. The van der Waals surface area contributed by atoms with Crippen molar-refractivity contribution in [2.24, 2.45) is 0 Å². The van der Waals surface area contributed by atoms with Gasteiger partial charge in [-0.25, -0.2) is 8.42 Å². The molecule has 3 rings (SSSR count). The summed E-state index contributed by atoms with van der Waals surface area (Å²) < 4.78 is 25.1. The number of para-hydroxylation sites is 1. The van der Waals surface area contributed by atoms with Crippen molar-refractivity contribution in [2.75, 3.05) is 37.8 Å². The zero-order valence-electron chi connectivity index (χ0n) is 15.0. The number of anilines is 1. The van der Waals surface area contributed by atoms with E-state index in [1.165, 1.54) is 16.2 Å². The molecular formula is C18H27N3O3S. The van der Waals surface area contributed by atoms with Gasteiger partial charge in [0.1, 0.15) is 6.04 Å². The molecule has 0 bridgehead atoms. The summed E-state index contributed by atoms with van der Waals surface area (Å²) in [5.41, 5.74) is 1.19. The topological polar surface area (TPSA) is 60.9 Å². The van der Waals surface area contributed by atoms with Crippen LogP contribution in [0.3, 0.4) is 0 Å². The van der Waals surface area contributed by atoms with Crippen molar-refractivity contribution in [1.82, 2.24) is 9.21 Å². The Morgan fingerprint density at radius 2 is 1.72 bits per heavy atom. The molecule has 0 aliphatic carbocycles. The number of rotatable bonds is 4. The van der Waals surface area contributed by atoms with Crippen molar-refractivity contribution in [2.45, 2.75) is 37.8 Å². The summed E-state index contributed by atoms with van der Waals surface area (Å²) in [4.78, 5) is 16.9. The molecule has 1 amide bonds. The number of likely N-dealkylation sites (tertiary alicyclic amines) is 1. The van der Waals surface area contributed by atoms with E-state index in [0.717, 1.165) is 19.3 Å². The molecule has 1 unspecified atom stereocenters. The van der Waals surface area contributed by atoms with Gasteiger partial charge in [-0.3, -0.25) is 4.79 Å². The maximum atomic E-state index is 12.8. The fourth-order valence-corrected chi connectivity index (χ4v) is 5.06. The van der Waals surface area contributed by atoms with Gasteiger partial charge in [-0.15, -0.1) is 0 Å². The summed E-state index contributed by atoms with van der Waals surface area (Å²) in [6.07, 6.45) is 4.40. The molecule has 0 spiro atoms. The first-order valence-electron chi connectivity index (χ1n) is 8.91. The number of sulfonamides is 1. The third-order valence-electron chi connectivity index (χ3n) is 5.40. The molecule has 1 aromatic carbocycles. The number of carbonyl (C=O) groups excluding carboxylic acids is 1. The molecule has 2 aliphatic heterocycles. The highest BCUT2D eigenvalue weighted by atomic mass is 32.2. The number of nitrogens with zero attached hydrogens (tertiary/aromatic N) is 3. The lowest BCUT2D eigenvalue weighted by Gasteiger charge is -2.39. The van der Waals surface area contributed by atoms with Crippen molar-refractivity contribution >= 4 is 21.6 Å². The number of benzene rings is 1. The maximum Gasteiger partial charge on any atom is 0.241 e. The molecular weight excluding hydrogens is 338 g/mol. The molecule has 1 atom stereocenters. The van der Waals surface area contributed by atoms with Crippen molar-refractivity contribution in [3.05, 3.63) is 30.3 Å². The van der Waals surface area contributed by atoms with Gasteiger partial charge in [-0.2, -0.15) is 4.31 Å². The molecule has 0 N–H and O–H groups in total. The quantitative estimate of drug-likeness (QED) is 0.812. The van der Waals surface area contributed by atoms with E-state index in [9.17, 15) is 13.2 Å². The maximum absolute atomic E-state index is 12.8. The van der Waals surface area contributed by atoms with Gasteiger partial charge in [0.25, 0.3) is 0 Å². The van der Waals surface area contributed by atoms with Crippen LogP contribution in [0.4, 0.5) is 5.69 Å². The minimum Gasteiger partial charge on any atom is -0.371 e. The lowest BCUT2D eigenvalue weighted by atomic mass is 10.0. The van der Waals surface area contributed by atoms with Crippen LogP contribution in [-0.4, -0.2) is 68.6 Å². The third kappa shape index (κ3) is 3.98. The minimum absolute atomic E-state index is 0.0243. The largest absolute Gasteiger partial charge is 0.371 e. The van der Waals surface area contributed by atoms with E-state index in [4.69, 9.17) is 0 Å². The SMILES string of the molecule is CN(c1ccccc1)C1CCN(C(=O)C2CCCN2S(C)(=O)=O)CC1. The molecule has 2 fully saturated rings. The smallest absolute Gasteiger partial charge is 0.241 e. The summed E-state index contributed by atoms with van der Waals surface area (Å²) in [5, 5.41) is 0. The van der Waals surface area contributed by atoms with Gasteiger partial charge in [0, 0.05) is 38.4 Å². The zero-order valence-corrected chi connectivity index (χ0v) is 15.8. The van der Waals surface area contributed by atoms with Crippen LogP contribution >= 0.6 is 0 Å². The highest BCUT2D eigenvalue weighted by molar-refractivity contribution is 7.88. The van der Waals surface area contributed by atoms with Gasteiger partial charge in [0.15, 0.2) is 0 Å². The molecule has 25 heavy (non-hydrogen) atoms. The second kappa shape index (κ2) is 7.33. The number of hydrogen-bond acceptors (Lipinski definition) is 4. The van der Waals surface area contributed by atoms with Crippen LogP contribution in [0.15, 0.2) is 30.3 Å². The van der Waals surface area contributed by atoms with Crippen LogP contribution < -0.4 is 4.90 Å². The summed E-state index contributed by atoms with van der Waals surface area (Å²) in [6.45, 7) is 1.84. The van der Waals surface area contributed by atoms with Gasteiger partial charge in [0.05, 0.1) is 6.26 Å². The first kappa shape index (κ1) is 18.2. The Labute approximate surface area is 150 Å². The molecule has 0 radical (unpaired) electrons. The van der Waals surface area contributed by atoms with Gasteiger partial charge < -0.3 is 9.80 Å². The standard InChI is InChI=1S/C18H27N3O3S/c1-19(15-7-4-3-5-8-15)16-10-13-20(14-11-16)18(22)17-9-6-12-21(17)25(2,23)24/h3-5,7-8,16-17H,6,9-14H2,1-2H3. The van der Waals surface area contributed by atoms with E-state index in [2.05, 4.69) is 24.1 Å². The van der Waals surface area contributed by atoms with Crippen LogP contribution in [0, 0.1) is 0 Å². The number of carbonyl (C=O) groups is 1. The van der Waals surface area contributed by atoms with Crippen molar-refractivity contribution in [3.8, 4) is 0 Å².